The van der Waals surface area contributed by atoms with Crippen molar-refractivity contribution >= 4 is 11.7 Å². The second kappa shape index (κ2) is 5.12. The van der Waals surface area contributed by atoms with Crippen LogP contribution in [0.2, 0.25) is 0 Å². The fraction of sp³-hybridized carbons (Fsp3) is 0.583. The van der Waals surface area contributed by atoms with Gasteiger partial charge in [-0.1, -0.05) is 13.3 Å². The van der Waals surface area contributed by atoms with Gasteiger partial charge in [-0.05, 0) is 12.3 Å². The zero-order valence-electron chi connectivity index (χ0n) is 10.3. The van der Waals surface area contributed by atoms with Crippen LogP contribution in [0.3, 0.4) is 0 Å². The Hall–Kier alpha value is -1.65. The van der Waals surface area contributed by atoms with Crippen LogP contribution in [0, 0.1) is 5.92 Å². The molecule has 0 spiro atoms. The summed E-state index contributed by atoms with van der Waals surface area (Å²) in [5.41, 5.74) is 0.425. The molecule has 1 fully saturated rings. The lowest BCUT2D eigenvalue weighted by molar-refractivity contribution is 0.0781. The normalized spacial score (nSPS) is 19.4. The monoisotopic (exact) mass is 234 g/mol. The topological polar surface area (TPSA) is 58.1 Å². The Morgan fingerprint density at radius 1 is 1.59 bits per heavy atom. The standard InChI is InChI=1S/C12H18N4O/c1-3-9-4-5-16(8-9)12(17)10-6-14-7-11(13-2)15-10/h6-7,9H,3-5,8H2,1-2H3,(H,13,15). The van der Waals surface area contributed by atoms with Gasteiger partial charge in [-0.2, -0.15) is 0 Å². The van der Waals surface area contributed by atoms with Crippen molar-refractivity contribution in [1.29, 1.82) is 0 Å². The number of hydrogen-bond donors (Lipinski definition) is 1. The van der Waals surface area contributed by atoms with Gasteiger partial charge in [0.05, 0.1) is 12.4 Å². The summed E-state index contributed by atoms with van der Waals surface area (Å²) in [6.45, 7) is 3.85. The number of rotatable bonds is 3. The minimum absolute atomic E-state index is 0.00875. The van der Waals surface area contributed by atoms with Crippen molar-refractivity contribution in [2.24, 2.45) is 5.92 Å². The molecule has 92 valence electrons. The maximum absolute atomic E-state index is 12.2. The summed E-state index contributed by atoms with van der Waals surface area (Å²) < 4.78 is 0. The van der Waals surface area contributed by atoms with E-state index < -0.39 is 0 Å². The van der Waals surface area contributed by atoms with E-state index >= 15 is 0 Å². The third kappa shape index (κ3) is 2.54. The number of carbonyl (C=O) groups excluding carboxylic acids is 1. The van der Waals surface area contributed by atoms with E-state index in [1.54, 1.807) is 13.2 Å². The van der Waals surface area contributed by atoms with Crippen LogP contribution in [0.1, 0.15) is 30.3 Å². The summed E-state index contributed by atoms with van der Waals surface area (Å²) in [6, 6.07) is 0. The minimum Gasteiger partial charge on any atom is -0.372 e. The molecule has 1 N–H and O–H groups in total. The zero-order valence-corrected chi connectivity index (χ0v) is 10.3. The molecular formula is C12H18N4O. The highest BCUT2D eigenvalue weighted by atomic mass is 16.2. The van der Waals surface area contributed by atoms with Crippen molar-refractivity contribution in [3.63, 3.8) is 0 Å². The Kier molecular flexibility index (Phi) is 3.56. The summed E-state index contributed by atoms with van der Waals surface area (Å²) in [6.07, 6.45) is 5.37. The summed E-state index contributed by atoms with van der Waals surface area (Å²) in [5.74, 6) is 1.26. The Bertz CT molecular complexity index is 407. The zero-order chi connectivity index (χ0) is 12.3. The van der Waals surface area contributed by atoms with E-state index in [-0.39, 0.29) is 5.91 Å². The molecule has 1 aromatic rings. The van der Waals surface area contributed by atoms with Crippen LogP contribution in [0.5, 0.6) is 0 Å². The van der Waals surface area contributed by atoms with Gasteiger partial charge in [-0.15, -0.1) is 0 Å². The Morgan fingerprint density at radius 2 is 2.41 bits per heavy atom. The van der Waals surface area contributed by atoms with Crippen LogP contribution >= 0.6 is 0 Å². The molecule has 0 aromatic carbocycles. The van der Waals surface area contributed by atoms with E-state index in [0.29, 0.717) is 17.4 Å². The summed E-state index contributed by atoms with van der Waals surface area (Å²) in [7, 11) is 1.77. The van der Waals surface area contributed by atoms with Crippen LogP contribution in [0.15, 0.2) is 12.4 Å². The third-order valence-corrected chi connectivity index (χ3v) is 3.26. The van der Waals surface area contributed by atoms with Crippen LogP contribution < -0.4 is 5.32 Å². The molecule has 0 bridgehead atoms. The molecule has 5 nitrogen and oxygen atoms in total. The number of carbonyl (C=O) groups is 1. The average molecular weight is 234 g/mol. The first-order chi connectivity index (χ1) is 8.24. The Morgan fingerprint density at radius 3 is 3.06 bits per heavy atom. The summed E-state index contributed by atoms with van der Waals surface area (Å²) >= 11 is 0. The van der Waals surface area contributed by atoms with Gasteiger partial charge in [-0.3, -0.25) is 9.78 Å². The van der Waals surface area contributed by atoms with Crippen molar-refractivity contribution in [1.82, 2.24) is 14.9 Å². The van der Waals surface area contributed by atoms with Gasteiger partial charge in [0.2, 0.25) is 0 Å². The highest BCUT2D eigenvalue weighted by Crippen LogP contribution is 2.20. The molecule has 1 aliphatic heterocycles. The van der Waals surface area contributed by atoms with Crippen molar-refractivity contribution in [3.05, 3.63) is 18.1 Å². The molecule has 2 rings (SSSR count). The van der Waals surface area contributed by atoms with E-state index in [1.165, 1.54) is 6.20 Å². The first kappa shape index (κ1) is 11.8. The highest BCUT2D eigenvalue weighted by Gasteiger charge is 2.26. The first-order valence-corrected chi connectivity index (χ1v) is 6.03. The van der Waals surface area contributed by atoms with Crippen molar-refractivity contribution < 1.29 is 4.79 Å². The van der Waals surface area contributed by atoms with Crippen LogP contribution in [-0.4, -0.2) is 40.9 Å². The molecule has 1 saturated heterocycles. The van der Waals surface area contributed by atoms with Gasteiger partial charge >= 0.3 is 0 Å². The molecule has 1 unspecified atom stereocenters. The summed E-state index contributed by atoms with van der Waals surface area (Å²) in [4.78, 5) is 22.3. The third-order valence-electron chi connectivity index (χ3n) is 3.26. The van der Waals surface area contributed by atoms with Gasteiger partial charge < -0.3 is 10.2 Å². The van der Waals surface area contributed by atoms with E-state index in [2.05, 4.69) is 22.2 Å². The quantitative estimate of drug-likeness (QED) is 0.858. The molecule has 0 saturated carbocycles. The molecule has 2 heterocycles. The van der Waals surface area contributed by atoms with Gasteiger partial charge in [0.1, 0.15) is 11.5 Å². The first-order valence-electron chi connectivity index (χ1n) is 6.03. The SMILES string of the molecule is CCC1CCN(C(=O)c2cncc(NC)n2)C1. The fourth-order valence-electron chi connectivity index (χ4n) is 2.10. The van der Waals surface area contributed by atoms with Crippen LogP contribution in [0.4, 0.5) is 5.82 Å². The van der Waals surface area contributed by atoms with Gasteiger partial charge in [0.15, 0.2) is 0 Å². The van der Waals surface area contributed by atoms with Gasteiger partial charge in [0.25, 0.3) is 5.91 Å². The number of anilines is 1. The van der Waals surface area contributed by atoms with Crippen molar-refractivity contribution in [3.8, 4) is 0 Å². The maximum atomic E-state index is 12.2. The molecule has 1 aromatic heterocycles. The maximum Gasteiger partial charge on any atom is 0.274 e. The van der Waals surface area contributed by atoms with Crippen LogP contribution in [-0.2, 0) is 0 Å². The summed E-state index contributed by atoms with van der Waals surface area (Å²) in [5, 5.41) is 2.89. The lowest BCUT2D eigenvalue weighted by atomic mass is 10.1. The molecule has 0 aliphatic carbocycles. The number of nitrogens with zero attached hydrogens (tertiary/aromatic N) is 3. The average Bonchev–Trinajstić information content (AvgIpc) is 2.86. The number of hydrogen-bond acceptors (Lipinski definition) is 4. The Balaban J connectivity index is 2.09. The second-order valence-electron chi connectivity index (χ2n) is 4.35. The van der Waals surface area contributed by atoms with Gasteiger partial charge in [-0.25, -0.2) is 4.98 Å². The lowest BCUT2D eigenvalue weighted by Gasteiger charge is -2.15. The van der Waals surface area contributed by atoms with Gasteiger partial charge in [0, 0.05) is 20.1 Å². The lowest BCUT2D eigenvalue weighted by Crippen LogP contribution is -2.29. The van der Waals surface area contributed by atoms with E-state index in [1.807, 2.05) is 4.90 Å². The number of likely N-dealkylation sites (tertiary alicyclic amines) is 1. The molecule has 0 radical (unpaired) electrons. The van der Waals surface area contributed by atoms with Crippen molar-refractivity contribution in [2.75, 3.05) is 25.5 Å². The fourth-order valence-corrected chi connectivity index (χ4v) is 2.10. The number of amides is 1. The Labute approximate surface area is 101 Å². The van der Waals surface area contributed by atoms with Crippen LogP contribution in [0.25, 0.3) is 0 Å². The number of aromatic nitrogens is 2. The van der Waals surface area contributed by atoms with E-state index in [0.717, 1.165) is 25.9 Å². The smallest absolute Gasteiger partial charge is 0.274 e. The molecule has 1 aliphatic rings. The largest absolute Gasteiger partial charge is 0.372 e. The number of nitrogens with one attached hydrogen (secondary N) is 1. The minimum atomic E-state index is -0.00875. The molecule has 17 heavy (non-hydrogen) atoms. The molecular weight excluding hydrogens is 216 g/mol. The second-order valence-corrected chi connectivity index (χ2v) is 4.35. The van der Waals surface area contributed by atoms with Crippen molar-refractivity contribution in [2.45, 2.75) is 19.8 Å². The van der Waals surface area contributed by atoms with E-state index in [4.69, 9.17) is 0 Å². The van der Waals surface area contributed by atoms with E-state index in [9.17, 15) is 4.79 Å². The molecule has 5 heteroatoms. The highest BCUT2D eigenvalue weighted by molar-refractivity contribution is 5.92. The molecule has 1 amide bonds. The predicted octanol–water partition coefficient (Wildman–Crippen LogP) is 1.39. The molecule has 1 atom stereocenters. The predicted molar refractivity (Wildman–Crippen MR) is 65.9 cm³/mol.